The van der Waals surface area contributed by atoms with Crippen molar-refractivity contribution >= 4 is 30.0 Å². The molecule has 1 aromatic carbocycles. The number of benzene rings is 1. The lowest BCUT2D eigenvalue weighted by Gasteiger charge is -2.19. The molecule has 1 N–H and O–H groups in total. The summed E-state index contributed by atoms with van der Waals surface area (Å²) in [5.74, 6) is -0.775. The highest BCUT2D eigenvalue weighted by atomic mass is 35.5. The number of ether oxygens (including phenoxy) is 2. The van der Waals surface area contributed by atoms with Crippen LogP contribution in [0.2, 0.25) is 0 Å². The number of carbonyl (C=O) groups is 1. The number of aromatic hydroxyl groups is 1. The van der Waals surface area contributed by atoms with Gasteiger partial charge < -0.3 is 28.0 Å². The predicted molar refractivity (Wildman–Crippen MR) is 86.3 cm³/mol. The average molecular weight is 374 g/mol. The number of halogens is 2. The van der Waals surface area contributed by atoms with Gasteiger partial charge in [0, 0.05) is 5.56 Å². The Labute approximate surface area is 148 Å². The van der Waals surface area contributed by atoms with Gasteiger partial charge in [-0.1, -0.05) is 6.07 Å². The van der Waals surface area contributed by atoms with Crippen LogP contribution >= 0.6 is 23.7 Å². The topological polar surface area (TPSA) is 87.1 Å². The number of nitrogens with zero attached hydrogens (tertiary/aromatic N) is 1. The highest BCUT2D eigenvalue weighted by Gasteiger charge is 2.28. The Balaban J connectivity index is 2.69. The summed E-state index contributed by atoms with van der Waals surface area (Å²) in [5.41, 5.74) is 0.423. The number of phenols is 1. The van der Waals surface area contributed by atoms with Crippen LogP contribution in [0.1, 0.15) is 17.0 Å². The number of hydrogen-bond donors (Lipinski definition) is 1. The Bertz CT molecular complexity index is 718. The van der Waals surface area contributed by atoms with Crippen molar-refractivity contribution in [3.63, 3.8) is 0 Å². The highest BCUT2D eigenvalue weighted by Crippen LogP contribution is 2.46. The number of carbonyl (C=O) groups excluding carboxylic acids is 1. The van der Waals surface area contributed by atoms with Gasteiger partial charge in [0.15, 0.2) is 23.0 Å². The largest absolute Gasteiger partial charge is 0.504 e. The Kier molecular flexibility index (Phi) is 5.94. The molecule has 1 unspecified atom stereocenters. The van der Waals surface area contributed by atoms with Gasteiger partial charge >= 0.3 is 0 Å². The summed E-state index contributed by atoms with van der Waals surface area (Å²) in [4.78, 5) is 15.6. The van der Waals surface area contributed by atoms with Crippen molar-refractivity contribution in [3.8, 4) is 28.7 Å². The molecule has 9 heteroatoms. The van der Waals surface area contributed by atoms with Crippen LogP contribution < -0.4 is 18.1 Å². The summed E-state index contributed by atoms with van der Waals surface area (Å²) in [6, 6.07) is 3.06. The van der Waals surface area contributed by atoms with Crippen LogP contribution in [0.5, 0.6) is 28.7 Å². The van der Waals surface area contributed by atoms with Crippen LogP contribution in [0.4, 0.5) is 0 Å². The lowest BCUT2D eigenvalue weighted by atomic mass is 9.91. The predicted octanol–water partition coefficient (Wildman–Crippen LogP) is 3.20. The van der Waals surface area contributed by atoms with Gasteiger partial charge in [-0.05, 0) is 6.07 Å². The summed E-state index contributed by atoms with van der Waals surface area (Å²) >= 11 is 10.9. The molecule has 0 amide bonds. The molecule has 1 heterocycles. The van der Waals surface area contributed by atoms with Crippen molar-refractivity contribution in [3.05, 3.63) is 35.7 Å². The zero-order valence-corrected chi connectivity index (χ0v) is 14.2. The van der Waals surface area contributed by atoms with Crippen LogP contribution in [-0.2, 0) is 4.79 Å². The minimum atomic E-state index is -1.00. The van der Waals surface area contributed by atoms with Gasteiger partial charge in [0.25, 0.3) is 0 Å². The molecule has 2 rings (SSSR count). The summed E-state index contributed by atoms with van der Waals surface area (Å²) < 4.78 is 19.7. The highest BCUT2D eigenvalue weighted by molar-refractivity contribution is 6.10. The fourth-order valence-electron chi connectivity index (χ4n) is 2.34. The molecule has 0 fully saturated rings. The minimum Gasteiger partial charge on any atom is -0.504 e. The Morgan fingerprint density at radius 1 is 1.08 bits per heavy atom. The molecule has 0 saturated heterocycles. The molecule has 0 aliphatic rings. The first kappa shape index (κ1) is 18.0. The molecule has 0 aliphatic carbocycles. The molecular weight excluding hydrogens is 361 g/mol. The molecule has 0 aliphatic heterocycles. The number of pyridine rings is 1. The van der Waals surface area contributed by atoms with Gasteiger partial charge in [-0.25, -0.2) is 0 Å². The minimum absolute atomic E-state index is 0.0566. The van der Waals surface area contributed by atoms with Crippen LogP contribution in [0, 0.1) is 0 Å². The second kappa shape index (κ2) is 7.94. The lowest BCUT2D eigenvalue weighted by molar-refractivity contribution is -0.108. The molecule has 24 heavy (non-hydrogen) atoms. The van der Waals surface area contributed by atoms with Crippen molar-refractivity contribution in [2.24, 2.45) is 0 Å². The first-order valence-electron chi connectivity index (χ1n) is 6.57. The van der Waals surface area contributed by atoms with Crippen molar-refractivity contribution in [2.45, 2.75) is 5.92 Å². The van der Waals surface area contributed by atoms with Gasteiger partial charge in [-0.2, -0.15) is 0 Å². The van der Waals surface area contributed by atoms with E-state index in [9.17, 15) is 9.90 Å². The maximum Gasteiger partial charge on any atom is 0.203 e. The molecule has 1 atom stereocenters. The molecule has 0 saturated carbocycles. The van der Waals surface area contributed by atoms with Crippen LogP contribution in [0.3, 0.4) is 0 Å². The first-order valence-corrected chi connectivity index (χ1v) is 7.18. The third-order valence-corrected chi connectivity index (χ3v) is 3.75. The Morgan fingerprint density at radius 2 is 1.71 bits per heavy atom. The fourth-order valence-corrected chi connectivity index (χ4v) is 2.58. The van der Waals surface area contributed by atoms with E-state index in [-0.39, 0.29) is 34.1 Å². The van der Waals surface area contributed by atoms with Crippen LogP contribution in [-0.4, -0.2) is 30.6 Å². The van der Waals surface area contributed by atoms with E-state index in [0.29, 0.717) is 12.0 Å². The normalized spacial score (nSPS) is 11.5. The summed E-state index contributed by atoms with van der Waals surface area (Å²) in [6.07, 6.45) is 3.15. The Morgan fingerprint density at radius 3 is 2.17 bits per heavy atom. The van der Waals surface area contributed by atoms with E-state index in [4.69, 9.17) is 41.8 Å². The van der Waals surface area contributed by atoms with Gasteiger partial charge in [0.1, 0.15) is 30.0 Å². The van der Waals surface area contributed by atoms with Gasteiger partial charge in [0.05, 0.1) is 38.1 Å². The third-order valence-electron chi connectivity index (χ3n) is 3.41. The summed E-state index contributed by atoms with van der Waals surface area (Å²) in [6.45, 7) is 0. The SMILES string of the molecule is COc1ccc(C(C=O)c2c(OCl)cncc2OCl)c(O)c1OC. The summed E-state index contributed by atoms with van der Waals surface area (Å²) in [5, 5.41) is 10.5. The maximum atomic E-state index is 11.7. The number of hydrogen-bond acceptors (Lipinski definition) is 7. The number of phenolic OH excluding ortho intramolecular Hbond substituents is 1. The van der Waals surface area contributed by atoms with E-state index in [1.807, 2.05) is 0 Å². The van der Waals surface area contributed by atoms with E-state index in [1.54, 1.807) is 6.07 Å². The van der Waals surface area contributed by atoms with E-state index in [0.717, 1.165) is 0 Å². The fraction of sp³-hybridized carbons (Fsp3) is 0.200. The molecular formula is C15H13Cl2NO6. The van der Waals surface area contributed by atoms with Gasteiger partial charge in [-0.3, -0.25) is 4.98 Å². The Hall–Kier alpha value is -2.38. The van der Waals surface area contributed by atoms with Crippen molar-refractivity contribution in [2.75, 3.05) is 14.2 Å². The van der Waals surface area contributed by atoms with Crippen molar-refractivity contribution < 1.29 is 28.0 Å². The smallest absolute Gasteiger partial charge is 0.203 e. The third kappa shape index (κ3) is 3.13. The van der Waals surface area contributed by atoms with Crippen LogP contribution in [0.15, 0.2) is 24.5 Å². The molecule has 128 valence electrons. The maximum absolute atomic E-state index is 11.7. The van der Waals surface area contributed by atoms with E-state index in [2.05, 4.69) is 4.98 Å². The van der Waals surface area contributed by atoms with Gasteiger partial charge in [0.2, 0.25) is 5.75 Å². The molecule has 0 spiro atoms. The first-order chi connectivity index (χ1) is 11.6. The molecule has 2 aromatic rings. The van der Waals surface area contributed by atoms with E-state index in [1.165, 1.54) is 32.7 Å². The zero-order chi connectivity index (χ0) is 17.7. The second-order valence-electron chi connectivity index (χ2n) is 4.56. The number of aromatic nitrogens is 1. The summed E-state index contributed by atoms with van der Waals surface area (Å²) in [7, 11) is 2.79. The van der Waals surface area contributed by atoms with Gasteiger partial charge in [-0.15, -0.1) is 0 Å². The standard InChI is InChI=1S/C15H13Cl2NO6/c1-21-10-4-3-8(14(20)15(10)22-2)9(7-19)13-11(23-16)5-18-6-12(13)24-17/h3-7,9,20H,1-2H3. The lowest BCUT2D eigenvalue weighted by Crippen LogP contribution is -2.07. The monoisotopic (exact) mass is 373 g/mol. The molecule has 0 bridgehead atoms. The van der Waals surface area contributed by atoms with Crippen molar-refractivity contribution in [1.29, 1.82) is 0 Å². The van der Waals surface area contributed by atoms with Crippen LogP contribution in [0.25, 0.3) is 0 Å². The molecule has 7 nitrogen and oxygen atoms in total. The quantitative estimate of drug-likeness (QED) is 0.745. The van der Waals surface area contributed by atoms with Crippen molar-refractivity contribution in [1.82, 2.24) is 4.98 Å². The van der Waals surface area contributed by atoms with E-state index >= 15 is 0 Å². The number of aldehydes is 1. The zero-order valence-electron chi connectivity index (χ0n) is 12.7. The number of methoxy groups -OCH3 is 2. The second-order valence-corrected chi connectivity index (χ2v) is 4.87. The van der Waals surface area contributed by atoms with E-state index < -0.39 is 5.92 Å². The molecule has 0 radical (unpaired) electrons. The molecule has 1 aromatic heterocycles. The number of rotatable bonds is 7. The average Bonchev–Trinajstić information content (AvgIpc) is 2.63.